The van der Waals surface area contributed by atoms with Gasteiger partial charge in [-0.05, 0) is 50.1 Å². The molecular formula is C22H25N5O2. The molecule has 0 atom stereocenters. The minimum absolute atomic E-state index is 0.00718. The normalized spacial score (nSPS) is 10.6. The lowest BCUT2D eigenvalue weighted by molar-refractivity contribution is 0.102. The first-order valence-electron chi connectivity index (χ1n) is 9.52. The second-order valence-electron chi connectivity index (χ2n) is 6.91. The number of nitrogens with zero attached hydrogens (tertiary/aromatic N) is 4. The summed E-state index contributed by atoms with van der Waals surface area (Å²) in [5, 5.41) is 2.88. The molecule has 0 aliphatic heterocycles. The van der Waals surface area contributed by atoms with E-state index in [-0.39, 0.29) is 12.0 Å². The number of nitrogens with one attached hydrogen (secondary N) is 1. The van der Waals surface area contributed by atoms with E-state index < -0.39 is 0 Å². The zero-order chi connectivity index (χ0) is 20.6. The minimum Gasteiger partial charge on any atom is -0.489 e. The maximum Gasteiger partial charge on any atom is 0.274 e. The number of amides is 1. The number of ether oxygens (including phenoxy) is 1. The summed E-state index contributed by atoms with van der Waals surface area (Å²) in [6.07, 6.45) is 5.83. The summed E-state index contributed by atoms with van der Waals surface area (Å²) in [6.45, 7) is 4.64. The SMILES string of the molecule is CC(C)Oc1ccccc1NC(=O)c1cc(N(C)CCc2ccncc2)ncn1. The lowest BCUT2D eigenvalue weighted by Crippen LogP contribution is -2.23. The van der Waals surface area contributed by atoms with Gasteiger partial charge in [0.2, 0.25) is 0 Å². The van der Waals surface area contributed by atoms with Crippen molar-refractivity contribution in [1.82, 2.24) is 15.0 Å². The van der Waals surface area contributed by atoms with Gasteiger partial charge in [0, 0.05) is 32.1 Å². The van der Waals surface area contributed by atoms with Crippen LogP contribution in [0.4, 0.5) is 11.5 Å². The van der Waals surface area contributed by atoms with Crippen molar-refractivity contribution in [2.24, 2.45) is 0 Å². The van der Waals surface area contributed by atoms with E-state index in [1.165, 1.54) is 11.9 Å². The summed E-state index contributed by atoms with van der Waals surface area (Å²) in [7, 11) is 1.94. The Hall–Kier alpha value is -3.48. The van der Waals surface area contributed by atoms with E-state index in [1.54, 1.807) is 24.5 Å². The number of hydrogen-bond donors (Lipinski definition) is 1. The third kappa shape index (κ3) is 5.75. The third-order valence-corrected chi connectivity index (χ3v) is 4.26. The summed E-state index contributed by atoms with van der Waals surface area (Å²) in [6, 6.07) is 13.0. The Labute approximate surface area is 170 Å². The van der Waals surface area contributed by atoms with Crippen LogP contribution in [0.5, 0.6) is 5.75 Å². The fraction of sp³-hybridized carbons (Fsp3) is 0.273. The van der Waals surface area contributed by atoms with Gasteiger partial charge in [0.05, 0.1) is 11.8 Å². The van der Waals surface area contributed by atoms with Crippen molar-refractivity contribution in [1.29, 1.82) is 0 Å². The molecule has 150 valence electrons. The van der Waals surface area contributed by atoms with Crippen LogP contribution in [-0.2, 0) is 6.42 Å². The summed E-state index contributed by atoms with van der Waals surface area (Å²) >= 11 is 0. The van der Waals surface area contributed by atoms with Gasteiger partial charge in [0.25, 0.3) is 5.91 Å². The number of aromatic nitrogens is 3. The van der Waals surface area contributed by atoms with Crippen LogP contribution in [0.1, 0.15) is 29.9 Å². The molecule has 7 heteroatoms. The van der Waals surface area contributed by atoms with E-state index >= 15 is 0 Å². The van der Waals surface area contributed by atoms with Crippen LogP contribution in [0.15, 0.2) is 61.2 Å². The minimum atomic E-state index is -0.309. The van der Waals surface area contributed by atoms with Crippen molar-refractivity contribution in [2.45, 2.75) is 26.4 Å². The summed E-state index contributed by atoms with van der Waals surface area (Å²) in [5.41, 5.74) is 2.10. The van der Waals surface area contributed by atoms with E-state index in [1.807, 2.05) is 56.1 Å². The third-order valence-electron chi connectivity index (χ3n) is 4.26. The maximum absolute atomic E-state index is 12.7. The van der Waals surface area contributed by atoms with Crippen molar-refractivity contribution in [3.8, 4) is 5.75 Å². The van der Waals surface area contributed by atoms with E-state index in [0.717, 1.165) is 13.0 Å². The van der Waals surface area contributed by atoms with Crippen molar-refractivity contribution >= 4 is 17.4 Å². The lowest BCUT2D eigenvalue weighted by Gasteiger charge is -2.18. The second-order valence-corrected chi connectivity index (χ2v) is 6.91. The highest BCUT2D eigenvalue weighted by atomic mass is 16.5. The summed E-state index contributed by atoms with van der Waals surface area (Å²) in [4.78, 5) is 27.2. The van der Waals surface area contributed by atoms with Crippen LogP contribution in [0, 0.1) is 0 Å². The molecule has 0 saturated heterocycles. The highest BCUT2D eigenvalue weighted by Crippen LogP contribution is 2.25. The van der Waals surface area contributed by atoms with Gasteiger partial charge in [-0.25, -0.2) is 9.97 Å². The molecule has 0 bridgehead atoms. The van der Waals surface area contributed by atoms with Gasteiger partial charge in [-0.3, -0.25) is 9.78 Å². The number of carbonyl (C=O) groups excluding carboxylic acids is 1. The van der Waals surface area contributed by atoms with Crippen LogP contribution in [0.25, 0.3) is 0 Å². The van der Waals surface area contributed by atoms with Crippen LogP contribution < -0.4 is 15.0 Å². The average molecular weight is 391 g/mol. The molecule has 0 aliphatic rings. The molecule has 0 radical (unpaired) electrons. The quantitative estimate of drug-likeness (QED) is 0.632. The topological polar surface area (TPSA) is 80.2 Å². The molecule has 1 aromatic carbocycles. The molecule has 2 heterocycles. The maximum atomic E-state index is 12.7. The summed E-state index contributed by atoms with van der Waals surface area (Å²) < 4.78 is 5.76. The Bertz CT molecular complexity index is 947. The molecule has 29 heavy (non-hydrogen) atoms. The monoisotopic (exact) mass is 391 g/mol. The Morgan fingerprint density at radius 1 is 1.14 bits per heavy atom. The molecule has 0 aliphatic carbocycles. The van der Waals surface area contributed by atoms with Gasteiger partial charge >= 0.3 is 0 Å². The molecule has 1 N–H and O–H groups in total. The first kappa shape index (κ1) is 20.3. The Morgan fingerprint density at radius 3 is 2.66 bits per heavy atom. The molecule has 0 unspecified atom stereocenters. The number of rotatable bonds is 8. The largest absolute Gasteiger partial charge is 0.489 e. The Morgan fingerprint density at radius 2 is 1.90 bits per heavy atom. The first-order valence-corrected chi connectivity index (χ1v) is 9.52. The average Bonchev–Trinajstić information content (AvgIpc) is 2.74. The summed E-state index contributed by atoms with van der Waals surface area (Å²) in [5.74, 6) is 1.00. The zero-order valence-corrected chi connectivity index (χ0v) is 16.9. The number of hydrogen-bond acceptors (Lipinski definition) is 6. The Kier molecular flexibility index (Phi) is 6.73. The second kappa shape index (κ2) is 9.64. The molecule has 0 fully saturated rings. The van der Waals surface area contributed by atoms with Gasteiger partial charge in [-0.2, -0.15) is 0 Å². The fourth-order valence-corrected chi connectivity index (χ4v) is 2.75. The van der Waals surface area contributed by atoms with E-state index in [2.05, 4.69) is 20.3 Å². The smallest absolute Gasteiger partial charge is 0.274 e. The highest BCUT2D eigenvalue weighted by molar-refractivity contribution is 6.04. The molecule has 1 amide bonds. The fourth-order valence-electron chi connectivity index (χ4n) is 2.75. The van der Waals surface area contributed by atoms with Gasteiger partial charge in [0.1, 0.15) is 23.6 Å². The molecule has 2 aromatic heterocycles. The predicted octanol–water partition coefficient (Wildman–Crippen LogP) is 3.59. The van der Waals surface area contributed by atoms with E-state index in [9.17, 15) is 4.79 Å². The van der Waals surface area contributed by atoms with Gasteiger partial charge in [-0.15, -0.1) is 0 Å². The van der Waals surface area contributed by atoms with E-state index in [0.29, 0.717) is 22.9 Å². The molecule has 3 rings (SSSR count). The highest BCUT2D eigenvalue weighted by Gasteiger charge is 2.14. The van der Waals surface area contributed by atoms with Crippen molar-refractivity contribution in [2.75, 3.05) is 23.8 Å². The number of para-hydroxylation sites is 2. The lowest BCUT2D eigenvalue weighted by atomic mass is 10.2. The van der Waals surface area contributed by atoms with E-state index in [4.69, 9.17) is 4.74 Å². The zero-order valence-electron chi connectivity index (χ0n) is 16.9. The predicted molar refractivity (Wildman–Crippen MR) is 113 cm³/mol. The van der Waals surface area contributed by atoms with Crippen molar-refractivity contribution < 1.29 is 9.53 Å². The number of benzene rings is 1. The number of likely N-dealkylation sites (N-methyl/N-ethyl adjacent to an activating group) is 1. The number of carbonyl (C=O) groups is 1. The van der Waals surface area contributed by atoms with Crippen molar-refractivity contribution in [3.63, 3.8) is 0 Å². The molecule has 0 spiro atoms. The van der Waals surface area contributed by atoms with Crippen LogP contribution in [0.3, 0.4) is 0 Å². The van der Waals surface area contributed by atoms with Crippen LogP contribution in [0.2, 0.25) is 0 Å². The molecular weight excluding hydrogens is 366 g/mol. The molecule has 3 aromatic rings. The number of anilines is 2. The first-order chi connectivity index (χ1) is 14.0. The standard InChI is InChI=1S/C22H25N5O2/c1-16(2)29-20-7-5-4-6-18(20)26-22(28)19-14-21(25-15-24-19)27(3)13-10-17-8-11-23-12-9-17/h4-9,11-12,14-16H,10,13H2,1-3H3,(H,26,28). The van der Waals surface area contributed by atoms with Crippen molar-refractivity contribution in [3.05, 3.63) is 72.4 Å². The van der Waals surface area contributed by atoms with Gasteiger partial charge in [0.15, 0.2) is 0 Å². The van der Waals surface area contributed by atoms with Crippen LogP contribution >= 0.6 is 0 Å². The Balaban J connectivity index is 1.68. The van der Waals surface area contributed by atoms with Crippen LogP contribution in [-0.4, -0.2) is 40.6 Å². The van der Waals surface area contributed by atoms with Gasteiger partial charge < -0.3 is 15.0 Å². The molecule has 0 saturated carbocycles. The van der Waals surface area contributed by atoms with Gasteiger partial charge in [-0.1, -0.05) is 12.1 Å². The number of pyridine rings is 1. The molecule has 7 nitrogen and oxygen atoms in total.